The fourth-order valence-corrected chi connectivity index (χ4v) is 3.92. The number of likely N-dealkylation sites (tertiary alicyclic amines) is 1. The van der Waals surface area contributed by atoms with Crippen molar-refractivity contribution in [3.63, 3.8) is 0 Å². The predicted octanol–water partition coefficient (Wildman–Crippen LogP) is 2.12. The van der Waals surface area contributed by atoms with Gasteiger partial charge in [-0.05, 0) is 53.4 Å². The normalized spacial score (nSPS) is 18.4. The third kappa shape index (κ3) is 5.65. The van der Waals surface area contributed by atoms with Gasteiger partial charge >= 0.3 is 0 Å². The molecular weight excluding hydrogens is 417 g/mol. The zero-order valence-electron chi connectivity index (χ0n) is 15.3. The van der Waals surface area contributed by atoms with E-state index in [0.717, 1.165) is 38.9 Å². The molecule has 8 heteroatoms. The molecule has 2 fully saturated rings. The van der Waals surface area contributed by atoms with E-state index in [0.29, 0.717) is 36.4 Å². The number of hydrogen-bond acceptors (Lipinski definition) is 4. The van der Waals surface area contributed by atoms with E-state index in [4.69, 9.17) is 4.74 Å². The van der Waals surface area contributed by atoms with Gasteiger partial charge in [0.1, 0.15) is 11.6 Å². The number of carbonyl (C=O) groups excluding carboxylic acids is 2. The van der Waals surface area contributed by atoms with Crippen LogP contribution in [0.4, 0.5) is 4.39 Å². The average molecular weight is 442 g/mol. The highest BCUT2D eigenvalue weighted by Gasteiger charge is 2.24. The van der Waals surface area contributed by atoms with Crippen LogP contribution in [0.5, 0.6) is 5.75 Å². The summed E-state index contributed by atoms with van der Waals surface area (Å²) in [6.45, 7) is 4.82. The smallest absolute Gasteiger partial charge is 0.260 e. The van der Waals surface area contributed by atoms with Crippen molar-refractivity contribution in [2.75, 3.05) is 52.4 Å². The Hall–Kier alpha value is -1.67. The molecule has 0 atom stereocenters. The Balaban J connectivity index is 1.45. The van der Waals surface area contributed by atoms with Crippen LogP contribution in [0.1, 0.15) is 19.3 Å². The Kier molecular flexibility index (Phi) is 7.07. The van der Waals surface area contributed by atoms with Crippen LogP contribution in [0, 0.1) is 5.82 Å². The second kappa shape index (κ2) is 9.50. The molecular formula is C19H25BrFN3O3. The van der Waals surface area contributed by atoms with E-state index in [1.54, 1.807) is 4.90 Å². The van der Waals surface area contributed by atoms with Gasteiger partial charge in [-0.15, -0.1) is 0 Å². The van der Waals surface area contributed by atoms with Crippen molar-refractivity contribution in [2.45, 2.75) is 19.3 Å². The van der Waals surface area contributed by atoms with Crippen LogP contribution in [0.2, 0.25) is 0 Å². The Morgan fingerprint density at radius 2 is 1.67 bits per heavy atom. The van der Waals surface area contributed by atoms with Crippen LogP contribution in [0.15, 0.2) is 22.7 Å². The number of hydrogen-bond donors (Lipinski definition) is 0. The number of benzene rings is 1. The van der Waals surface area contributed by atoms with Gasteiger partial charge in [-0.2, -0.15) is 0 Å². The van der Waals surface area contributed by atoms with Crippen LogP contribution in [-0.2, 0) is 9.59 Å². The number of halogens is 2. The molecule has 0 aromatic heterocycles. The third-order valence-electron chi connectivity index (χ3n) is 5.00. The van der Waals surface area contributed by atoms with Gasteiger partial charge < -0.3 is 14.5 Å². The van der Waals surface area contributed by atoms with Crippen LogP contribution >= 0.6 is 15.9 Å². The molecule has 1 aromatic carbocycles. The summed E-state index contributed by atoms with van der Waals surface area (Å²) in [5, 5.41) is 0. The molecule has 2 amide bonds. The summed E-state index contributed by atoms with van der Waals surface area (Å²) in [4.78, 5) is 30.6. The van der Waals surface area contributed by atoms with Gasteiger partial charge in [0.2, 0.25) is 5.91 Å². The number of nitrogens with zero attached hydrogens (tertiary/aromatic N) is 3. The molecule has 148 valence electrons. The molecule has 0 bridgehead atoms. The topological polar surface area (TPSA) is 53.1 Å². The van der Waals surface area contributed by atoms with Gasteiger partial charge in [0.15, 0.2) is 6.61 Å². The fraction of sp³-hybridized carbons (Fsp3) is 0.579. The van der Waals surface area contributed by atoms with Crippen LogP contribution in [0.25, 0.3) is 0 Å². The summed E-state index contributed by atoms with van der Waals surface area (Å²) in [7, 11) is 0. The second-order valence-electron chi connectivity index (χ2n) is 6.96. The summed E-state index contributed by atoms with van der Waals surface area (Å²) >= 11 is 3.23. The van der Waals surface area contributed by atoms with Gasteiger partial charge in [0.25, 0.3) is 5.91 Å². The standard InChI is InChI=1S/C19H25BrFN3O3/c20-16-12-15(21)4-5-17(16)27-14-19(26)24-9-3-6-22(10-11-24)13-18(25)23-7-1-2-8-23/h4-5,12H,1-3,6-11,13-14H2. The SMILES string of the molecule is O=C(COc1ccc(F)cc1Br)N1CCCN(CC(=O)N2CCCC2)CC1. The molecule has 1 aromatic rings. The summed E-state index contributed by atoms with van der Waals surface area (Å²) in [6.07, 6.45) is 3.02. The molecule has 27 heavy (non-hydrogen) atoms. The van der Waals surface area contributed by atoms with E-state index in [1.165, 1.54) is 18.2 Å². The zero-order valence-corrected chi connectivity index (χ0v) is 16.9. The molecule has 2 heterocycles. The maximum absolute atomic E-state index is 13.1. The lowest BCUT2D eigenvalue weighted by Gasteiger charge is -2.24. The first-order valence-corrected chi connectivity index (χ1v) is 10.2. The number of amides is 2. The van der Waals surface area contributed by atoms with Crippen LogP contribution in [-0.4, -0.2) is 78.9 Å². The molecule has 0 aliphatic carbocycles. The molecule has 2 saturated heterocycles. The van der Waals surface area contributed by atoms with E-state index < -0.39 is 0 Å². The van der Waals surface area contributed by atoms with Crippen molar-refractivity contribution >= 4 is 27.7 Å². The molecule has 2 aliphatic heterocycles. The van der Waals surface area contributed by atoms with Crippen molar-refractivity contribution in [3.8, 4) is 5.75 Å². The van der Waals surface area contributed by atoms with Gasteiger partial charge in [-0.1, -0.05) is 0 Å². The van der Waals surface area contributed by atoms with E-state index >= 15 is 0 Å². The van der Waals surface area contributed by atoms with Gasteiger partial charge in [-0.25, -0.2) is 4.39 Å². The van der Waals surface area contributed by atoms with Crippen LogP contribution < -0.4 is 4.74 Å². The van der Waals surface area contributed by atoms with E-state index in [-0.39, 0.29) is 24.2 Å². The minimum absolute atomic E-state index is 0.0864. The van der Waals surface area contributed by atoms with Crippen LogP contribution in [0.3, 0.4) is 0 Å². The van der Waals surface area contributed by atoms with Crippen molar-refractivity contribution in [2.24, 2.45) is 0 Å². The zero-order chi connectivity index (χ0) is 19.2. The van der Waals surface area contributed by atoms with Crippen molar-refractivity contribution in [1.29, 1.82) is 0 Å². The highest BCUT2D eigenvalue weighted by atomic mass is 79.9. The lowest BCUT2D eigenvalue weighted by molar-refractivity contribution is -0.133. The maximum atomic E-state index is 13.1. The Bertz CT molecular complexity index is 682. The van der Waals surface area contributed by atoms with Gasteiger partial charge in [0, 0.05) is 39.3 Å². The first-order valence-electron chi connectivity index (χ1n) is 9.38. The minimum atomic E-state index is -0.364. The second-order valence-corrected chi connectivity index (χ2v) is 7.82. The first-order chi connectivity index (χ1) is 13.0. The number of carbonyl (C=O) groups is 2. The maximum Gasteiger partial charge on any atom is 0.260 e. The van der Waals surface area contributed by atoms with E-state index in [9.17, 15) is 14.0 Å². The monoisotopic (exact) mass is 441 g/mol. The summed E-state index contributed by atoms with van der Waals surface area (Å²) in [5.74, 6) is 0.171. The molecule has 2 aliphatic rings. The lowest BCUT2D eigenvalue weighted by Crippen LogP contribution is -2.41. The van der Waals surface area contributed by atoms with Gasteiger partial charge in [0.05, 0.1) is 11.0 Å². The van der Waals surface area contributed by atoms with Gasteiger partial charge in [-0.3, -0.25) is 14.5 Å². The summed E-state index contributed by atoms with van der Waals surface area (Å²) in [6, 6.07) is 4.10. The highest BCUT2D eigenvalue weighted by Crippen LogP contribution is 2.25. The molecule has 0 unspecified atom stereocenters. The minimum Gasteiger partial charge on any atom is -0.483 e. The van der Waals surface area contributed by atoms with Crippen molar-refractivity contribution < 1.29 is 18.7 Å². The highest BCUT2D eigenvalue weighted by molar-refractivity contribution is 9.10. The van der Waals surface area contributed by atoms with E-state index in [1.807, 2.05) is 4.90 Å². The molecule has 0 saturated carbocycles. The van der Waals surface area contributed by atoms with Crippen molar-refractivity contribution in [3.05, 3.63) is 28.5 Å². The molecule has 0 spiro atoms. The molecule has 3 rings (SSSR count). The summed E-state index contributed by atoms with van der Waals surface area (Å²) in [5.41, 5.74) is 0. The molecule has 0 N–H and O–H groups in total. The van der Waals surface area contributed by atoms with E-state index in [2.05, 4.69) is 20.8 Å². The molecule has 0 radical (unpaired) electrons. The largest absolute Gasteiger partial charge is 0.483 e. The predicted molar refractivity (Wildman–Crippen MR) is 103 cm³/mol. The Morgan fingerprint density at radius 3 is 2.41 bits per heavy atom. The fourth-order valence-electron chi connectivity index (χ4n) is 3.46. The number of rotatable bonds is 5. The quantitative estimate of drug-likeness (QED) is 0.702. The lowest BCUT2D eigenvalue weighted by atomic mass is 10.3. The number of ether oxygens (including phenoxy) is 1. The Morgan fingerprint density at radius 1 is 0.963 bits per heavy atom. The molecule has 6 nitrogen and oxygen atoms in total. The van der Waals surface area contributed by atoms with Crippen molar-refractivity contribution in [1.82, 2.24) is 14.7 Å². The third-order valence-corrected chi connectivity index (χ3v) is 5.62. The summed E-state index contributed by atoms with van der Waals surface area (Å²) < 4.78 is 19.1. The Labute approximate surface area is 167 Å². The first kappa shape index (κ1) is 20.1. The average Bonchev–Trinajstić information content (AvgIpc) is 3.08.